The maximum Gasteiger partial charge on any atom is 0.326 e. The van der Waals surface area contributed by atoms with Crippen LogP contribution in [0.3, 0.4) is 0 Å². The summed E-state index contributed by atoms with van der Waals surface area (Å²) in [6, 6.07) is -1.05. The summed E-state index contributed by atoms with van der Waals surface area (Å²) in [7, 11) is 3.70. The van der Waals surface area contributed by atoms with Gasteiger partial charge in [-0.15, -0.1) is 0 Å². The molecule has 0 heterocycles. The van der Waals surface area contributed by atoms with Gasteiger partial charge in [-0.25, -0.2) is 4.79 Å². The summed E-state index contributed by atoms with van der Waals surface area (Å²) in [4.78, 5) is 34.7. The molecule has 0 aromatic carbocycles. The molecule has 2 N–H and O–H groups in total. The molecule has 18 heavy (non-hydrogen) atoms. The number of nitrogens with zero attached hydrogens (tertiary/aromatic N) is 1. The molecule has 0 fully saturated rings. The number of amides is 1. The summed E-state index contributed by atoms with van der Waals surface area (Å²) in [6.45, 7) is 2.11. The van der Waals surface area contributed by atoms with Gasteiger partial charge in [-0.2, -0.15) is 0 Å². The largest absolute Gasteiger partial charge is 0.480 e. The summed E-state index contributed by atoms with van der Waals surface area (Å²) in [5, 5.41) is 11.1. The maximum absolute atomic E-state index is 11.3. The summed E-state index contributed by atoms with van der Waals surface area (Å²) in [6.07, 6.45) is -0.0135. The second-order valence-electron chi connectivity index (χ2n) is 4.15. The van der Waals surface area contributed by atoms with E-state index in [-0.39, 0.29) is 19.4 Å². The fourth-order valence-corrected chi connectivity index (χ4v) is 1.18. The average Bonchev–Trinajstić information content (AvgIpc) is 2.22. The van der Waals surface area contributed by atoms with Crippen LogP contribution in [0.15, 0.2) is 0 Å². The number of ether oxygens (including phenoxy) is 1. The molecule has 0 bridgehead atoms. The molecule has 0 aliphatic carbocycles. The molecule has 104 valence electrons. The van der Waals surface area contributed by atoms with E-state index in [1.54, 1.807) is 0 Å². The third-order valence-corrected chi connectivity index (χ3v) is 2.11. The predicted octanol–water partition coefficient (Wildman–Crippen LogP) is -0.539. The minimum Gasteiger partial charge on any atom is -0.480 e. The Morgan fingerprint density at radius 3 is 2.39 bits per heavy atom. The van der Waals surface area contributed by atoms with Crippen molar-refractivity contribution in [3.8, 4) is 0 Å². The van der Waals surface area contributed by atoms with Gasteiger partial charge in [-0.3, -0.25) is 9.59 Å². The van der Waals surface area contributed by atoms with Gasteiger partial charge in [0.05, 0.1) is 0 Å². The first-order valence-electron chi connectivity index (χ1n) is 5.63. The third kappa shape index (κ3) is 8.51. The van der Waals surface area contributed by atoms with Crippen molar-refractivity contribution in [1.29, 1.82) is 0 Å². The molecule has 0 saturated heterocycles. The van der Waals surface area contributed by atoms with Crippen molar-refractivity contribution in [2.45, 2.75) is 25.8 Å². The number of carbonyl (C=O) groups is 3. The molecule has 0 aromatic heterocycles. The molecule has 7 nitrogen and oxygen atoms in total. The van der Waals surface area contributed by atoms with Crippen LogP contribution in [0, 0.1) is 0 Å². The van der Waals surface area contributed by atoms with Crippen LogP contribution in [0.1, 0.15) is 19.8 Å². The van der Waals surface area contributed by atoms with Gasteiger partial charge in [-0.05, 0) is 20.5 Å². The molecule has 0 aliphatic heterocycles. The van der Waals surface area contributed by atoms with Gasteiger partial charge in [0.2, 0.25) is 5.91 Å². The van der Waals surface area contributed by atoms with Crippen LogP contribution in [0.4, 0.5) is 0 Å². The van der Waals surface area contributed by atoms with Crippen molar-refractivity contribution in [1.82, 2.24) is 10.2 Å². The number of hydrogen-bond donors (Lipinski definition) is 2. The summed E-state index contributed by atoms with van der Waals surface area (Å²) in [5.41, 5.74) is 0. The third-order valence-electron chi connectivity index (χ3n) is 2.11. The zero-order valence-corrected chi connectivity index (χ0v) is 10.9. The van der Waals surface area contributed by atoms with Crippen molar-refractivity contribution in [2.75, 3.05) is 27.2 Å². The SMILES string of the molecule is CC(=O)N[C@@H](CCC(=O)OCCN(C)C)C(=O)O. The predicted molar refractivity (Wildman–Crippen MR) is 64.0 cm³/mol. The second-order valence-corrected chi connectivity index (χ2v) is 4.15. The quantitative estimate of drug-likeness (QED) is 0.569. The van der Waals surface area contributed by atoms with Crippen LogP contribution in [-0.4, -0.2) is 61.1 Å². The van der Waals surface area contributed by atoms with Gasteiger partial charge in [0.15, 0.2) is 0 Å². The first-order chi connectivity index (χ1) is 8.32. The van der Waals surface area contributed by atoms with Crippen LogP contribution in [0.25, 0.3) is 0 Å². The number of nitrogens with one attached hydrogen (secondary N) is 1. The van der Waals surface area contributed by atoms with Crippen molar-refractivity contribution < 1.29 is 24.2 Å². The van der Waals surface area contributed by atoms with Crippen LogP contribution in [0.5, 0.6) is 0 Å². The van der Waals surface area contributed by atoms with Gasteiger partial charge in [0, 0.05) is 19.9 Å². The zero-order valence-electron chi connectivity index (χ0n) is 10.9. The standard InChI is InChI=1S/C11H20N2O5/c1-8(14)12-9(11(16)17)4-5-10(15)18-7-6-13(2)3/h9H,4-7H2,1-3H3,(H,12,14)(H,16,17)/t9-/m0/s1. The minimum atomic E-state index is -1.16. The van der Waals surface area contributed by atoms with Crippen molar-refractivity contribution in [2.24, 2.45) is 0 Å². The van der Waals surface area contributed by atoms with E-state index < -0.39 is 23.9 Å². The summed E-state index contributed by atoms with van der Waals surface area (Å²) in [5.74, 6) is -2.07. The fourth-order valence-electron chi connectivity index (χ4n) is 1.18. The molecule has 0 rings (SSSR count). The summed E-state index contributed by atoms with van der Waals surface area (Å²) >= 11 is 0. The number of hydrogen-bond acceptors (Lipinski definition) is 5. The Balaban J connectivity index is 3.92. The number of rotatable bonds is 8. The summed E-state index contributed by atoms with van der Waals surface area (Å²) < 4.78 is 4.90. The molecule has 1 atom stereocenters. The molecule has 0 saturated carbocycles. The lowest BCUT2D eigenvalue weighted by Crippen LogP contribution is -2.39. The lowest BCUT2D eigenvalue weighted by Gasteiger charge is -2.13. The maximum atomic E-state index is 11.3. The smallest absolute Gasteiger partial charge is 0.326 e. The van der Waals surface area contributed by atoms with Gasteiger partial charge < -0.3 is 20.1 Å². The van der Waals surface area contributed by atoms with E-state index in [0.29, 0.717) is 6.54 Å². The Morgan fingerprint density at radius 2 is 1.94 bits per heavy atom. The number of esters is 1. The van der Waals surface area contributed by atoms with Gasteiger partial charge in [0.25, 0.3) is 0 Å². The number of carboxylic acids is 1. The van der Waals surface area contributed by atoms with Crippen molar-refractivity contribution >= 4 is 17.8 Å². The van der Waals surface area contributed by atoms with E-state index in [1.165, 1.54) is 6.92 Å². The highest BCUT2D eigenvalue weighted by molar-refractivity contribution is 5.82. The Labute approximate surface area is 106 Å². The highest BCUT2D eigenvalue weighted by atomic mass is 16.5. The fraction of sp³-hybridized carbons (Fsp3) is 0.727. The Hall–Kier alpha value is -1.63. The van der Waals surface area contributed by atoms with Gasteiger partial charge in [-0.1, -0.05) is 0 Å². The molecule has 0 spiro atoms. The number of aliphatic carboxylic acids is 1. The second kappa shape index (κ2) is 8.46. The average molecular weight is 260 g/mol. The van der Waals surface area contributed by atoms with E-state index in [0.717, 1.165) is 0 Å². The van der Waals surface area contributed by atoms with Crippen molar-refractivity contribution in [3.63, 3.8) is 0 Å². The molecule has 0 aliphatic rings. The molecule has 0 aromatic rings. The first kappa shape index (κ1) is 16.4. The van der Waals surface area contributed by atoms with Gasteiger partial charge in [0.1, 0.15) is 12.6 Å². The van der Waals surface area contributed by atoms with Crippen LogP contribution < -0.4 is 5.32 Å². The highest BCUT2D eigenvalue weighted by Gasteiger charge is 2.19. The Kier molecular flexibility index (Phi) is 7.69. The Bertz CT molecular complexity index is 304. The normalized spacial score (nSPS) is 12.0. The van der Waals surface area contributed by atoms with E-state index in [4.69, 9.17) is 9.84 Å². The van der Waals surface area contributed by atoms with E-state index in [1.807, 2.05) is 19.0 Å². The molecular formula is C11H20N2O5. The minimum absolute atomic E-state index is 0.0235. The lowest BCUT2D eigenvalue weighted by atomic mass is 10.1. The molecule has 1 amide bonds. The van der Waals surface area contributed by atoms with E-state index in [9.17, 15) is 14.4 Å². The molecular weight excluding hydrogens is 240 g/mol. The number of carbonyl (C=O) groups excluding carboxylic acids is 2. The van der Waals surface area contributed by atoms with Crippen LogP contribution >= 0.6 is 0 Å². The van der Waals surface area contributed by atoms with Crippen molar-refractivity contribution in [3.05, 3.63) is 0 Å². The van der Waals surface area contributed by atoms with Gasteiger partial charge >= 0.3 is 11.9 Å². The first-order valence-corrected chi connectivity index (χ1v) is 5.63. The Morgan fingerprint density at radius 1 is 1.33 bits per heavy atom. The van der Waals surface area contributed by atoms with E-state index >= 15 is 0 Å². The van der Waals surface area contributed by atoms with Crippen LogP contribution in [-0.2, 0) is 19.1 Å². The highest BCUT2D eigenvalue weighted by Crippen LogP contribution is 2.00. The molecule has 0 unspecified atom stereocenters. The van der Waals surface area contributed by atoms with Crippen LogP contribution in [0.2, 0.25) is 0 Å². The van der Waals surface area contributed by atoms with E-state index in [2.05, 4.69) is 5.32 Å². The molecule has 7 heteroatoms. The molecule has 0 radical (unpaired) electrons. The lowest BCUT2D eigenvalue weighted by molar-refractivity contribution is -0.145. The zero-order chi connectivity index (χ0) is 14.1. The monoisotopic (exact) mass is 260 g/mol. The topological polar surface area (TPSA) is 95.9 Å². The number of carboxylic acid groups (broad SMARTS) is 1. The number of likely N-dealkylation sites (N-methyl/N-ethyl adjacent to an activating group) is 1.